The van der Waals surface area contributed by atoms with Crippen LogP contribution in [0.4, 0.5) is 23.0 Å². The summed E-state index contributed by atoms with van der Waals surface area (Å²) in [4.78, 5) is 32.1. The molecule has 0 bridgehead atoms. The van der Waals surface area contributed by atoms with Crippen molar-refractivity contribution in [2.45, 2.75) is 64.5 Å². The van der Waals surface area contributed by atoms with E-state index in [-0.39, 0.29) is 12.1 Å². The molecular weight excluding hydrogens is 717 g/mol. The summed E-state index contributed by atoms with van der Waals surface area (Å²) in [5.74, 6) is 2.46. The number of anilines is 4. The number of rotatable bonds is 14. The van der Waals surface area contributed by atoms with Crippen molar-refractivity contribution < 1.29 is 18.6 Å². The summed E-state index contributed by atoms with van der Waals surface area (Å²) in [6, 6.07) is 19.0. The zero-order valence-corrected chi connectivity index (χ0v) is 30.6. The van der Waals surface area contributed by atoms with Crippen LogP contribution < -0.4 is 22.1 Å². The fourth-order valence-corrected chi connectivity index (χ4v) is 6.26. The molecule has 18 heteroatoms. The molecule has 6 N–H and O–H groups in total. The van der Waals surface area contributed by atoms with Crippen LogP contribution in [0.5, 0.6) is 0 Å². The van der Waals surface area contributed by atoms with Gasteiger partial charge in [-0.1, -0.05) is 10.3 Å². The number of primary amides is 2. The first kappa shape index (κ1) is 37.0. The summed E-state index contributed by atoms with van der Waals surface area (Å²) in [6.07, 6.45) is 8.22. The Kier molecular flexibility index (Phi) is 10.5. The number of aryl methyl sites for hydroxylation is 2. The normalized spacial score (nSPS) is 14.4. The van der Waals surface area contributed by atoms with Crippen LogP contribution in [0, 0.1) is 48.3 Å². The van der Waals surface area contributed by atoms with Crippen molar-refractivity contribution in [2.24, 2.45) is 23.3 Å². The molecule has 4 aromatic heterocycles. The summed E-state index contributed by atoms with van der Waals surface area (Å²) in [5.41, 5.74) is 14.7. The molecule has 56 heavy (non-hydrogen) atoms. The molecule has 284 valence electrons. The molecule has 0 unspecified atom stereocenters. The Morgan fingerprint density at radius 2 is 1.09 bits per heavy atom. The summed E-state index contributed by atoms with van der Waals surface area (Å²) < 4.78 is 13.7. The summed E-state index contributed by atoms with van der Waals surface area (Å²) in [7, 11) is 0. The average Bonchev–Trinajstić information content (AvgIpc) is 4.02. The van der Waals surface area contributed by atoms with Crippen LogP contribution in [0.15, 0.2) is 70.0 Å². The quantitative estimate of drug-likeness (QED) is 0.101. The third-order valence-corrected chi connectivity index (χ3v) is 9.45. The Bertz CT molecular complexity index is 2250. The fraction of sp³-hybridized carbons (Fsp3) is 0.316. The second-order valence-electron chi connectivity index (χ2n) is 13.7. The van der Waals surface area contributed by atoms with Gasteiger partial charge in [-0.05, 0) is 99.9 Å². The van der Waals surface area contributed by atoms with E-state index in [4.69, 9.17) is 31.0 Å². The standard InChI is InChI=1S/2C19H19N7O2/c2*1-11-22-19(28-25-11)13-4-6-14(7-5-13)23-18-15(17(21)27)10-26(24-18)16(8-9-20)12-2-3-12/h2*4-7,10,12,16H,2-3,8H2,1H3,(H2,21,27)(H,23,24)/t2*16-/m10/s1. The van der Waals surface area contributed by atoms with Crippen LogP contribution in [0.2, 0.25) is 0 Å². The number of hydrogen-bond acceptors (Lipinski definition) is 14. The summed E-state index contributed by atoms with van der Waals surface area (Å²) in [5, 5.41) is 41.0. The van der Waals surface area contributed by atoms with Gasteiger partial charge in [0.2, 0.25) is 0 Å². The Balaban J connectivity index is 0.000000172. The molecule has 0 saturated heterocycles. The van der Waals surface area contributed by atoms with Gasteiger partial charge in [-0.2, -0.15) is 30.7 Å². The maximum Gasteiger partial charge on any atom is 0.257 e. The van der Waals surface area contributed by atoms with Crippen molar-refractivity contribution in [1.82, 2.24) is 39.8 Å². The fourth-order valence-electron chi connectivity index (χ4n) is 6.26. The van der Waals surface area contributed by atoms with Crippen LogP contribution in [0.3, 0.4) is 0 Å². The zero-order chi connectivity index (χ0) is 39.3. The van der Waals surface area contributed by atoms with Gasteiger partial charge in [0.05, 0.1) is 37.1 Å². The molecule has 8 rings (SSSR count). The first-order valence-corrected chi connectivity index (χ1v) is 18.0. The van der Waals surface area contributed by atoms with Crippen molar-refractivity contribution in [1.29, 1.82) is 10.5 Å². The predicted octanol–water partition coefficient (Wildman–Crippen LogP) is 5.90. The van der Waals surface area contributed by atoms with E-state index >= 15 is 0 Å². The highest BCUT2D eigenvalue weighted by atomic mass is 16.5. The number of carbonyl (C=O) groups excluding carboxylic acids is 2. The highest BCUT2D eigenvalue weighted by Crippen LogP contribution is 2.43. The van der Waals surface area contributed by atoms with Gasteiger partial charge in [0.1, 0.15) is 11.1 Å². The minimum atomic E-state index is -0.571. The number of benzene rings is 2. The monoisotopic (exact) mass is 754 g/mol. The van der Waals surface area contributed by atoms with Gasteiger partial charge in [-0.3, -0.25) is 19.0 Å². The van der Waals surface area contributed by atoms with Crippen molar-refractivity contribution in [3.05, 3.63) is 83.7 Å². The second-order valence-corrected chi connectivity index (χ2v) is 13.7. The number of hydrogen-bond donors (Lipinski definition) is 4. The van der Waals surface area contributed by atoms with Crippen LogP contribution in [0.1, 0.15) is 83.0 Å². The molecule has 2 saturated carbocycles. The number of aromatic nitrogens is 8. The molecule has 2 aromatic carbocycles. The van der Waals surface area contributed by atoms with Gasteiger partial charge >= 0.3 is 0 Å². The van der Waals surface area contributed by atoms with Gasteiger partial charge < -0.3 is 31.1 Å². The lowest BCUT2D eigenvalue weighted by molar-refractivity contribution is 0.0992. The Labute approximate surface area is 320 Å². The molecule has 4 heterocycles. The van der Waals surface area contributed by atoms with Gasteiger partial charge in [0.25, 0.3) is 23.6 Å². The van der Waals surface area contributed by atoms with Crippen molar-refractivity contribution >= 4 is 34.8 Å². The highest BCUT2D eigenvalue weighted by molar-refractivity contribution is 5.98. The molecule has 2 amide bonds. The zero-order valence-electron chi connectivity index (χ0n) is 30.6. The topological polar surface area (TPSA) is 271 Å². The van der Waals surface area contributed by atoms with E-state index in [1.807, 2.05) is 48.5 Å². The van der Waals surface area contributed by atoms with E-state index in [2.05, 4.69) is 53.3 Å². The van der Waals surface area contributed by atoms with Crippen LogP contribution in [-0.2, 0) is 0 Å². The van der Waals surface area contributed by atoms with Gasteiger partial charge in [0.15, 0.2) is 23.3 Å². The first-order chi connectivity index (χ1) is 27.1. The van der Waals surface area contributed by atoms with E-state index in [1.165, 1.54) is 0 Å². The van der Waals surface area contributed by atoms with Gasteiger partial charge in [0, 0.05) is 34.9 Å². The third kappa shape index (κ3) is 8.55. The molecule has 2 aliphatic rings. The van der Waals surface area contributed by atoms with Crippen molar-refractivity contribution in [3.63, 3.8) is 0 Å². The predicted molar refractivity (Wildman–Crippen MR) is 201 cm³/mol. The van der Waals surface area contributed by atoms with Crippen molar-refractivity contribution in [3.8, 4) is 35.0 Å². The van der Waals surface area contributed by atoms with Crippen LogP contribution in [-0.4, -0.2) is 51.7 Å². The molecule has 6 aromatic rings. The molecule has 2 fully saturated rings. The van der Waals surface area contributed by atoms with E-state index < -0.39 is 11.8 Å². The van der Waals surface area contributed by atoms with E-state index in [1.54, 1.807) is 35.6 Å². The highest BCUT2D eigenvalue weighted by Gasteiger charge is 2.35. The van der Waals surface area contributed by atoms with Crippen LogP contribution in [0.25, 0.3) is 22.9 Å². The Morgan fingerprint density at radius 1 is 0.714 bits per heavy atom. The number of nitrogens with two attached hydrogens (primary N) is 2. The molecule has 2 aliphatic carbocycles. The molecule has 0 radical (unpaired) electrons. The largest absolute Gasteiger partial charge is 0.365 e. The minimum absolute atomic E-state index is 0.0400. The number of nitriles is 2. The van der Waals surface area contributed by atoms with Gasteiger partial charge in [-0.15, -0.1) is 0 Å². The SMILES string of the molecule is Cc1noc(-c2ccc(Nc3nn([C@@H](CC#N)C4CC4)cc3C(N)=O)cc2)n1.Cc1noc(-c2ccc(Nc3nn([C@H](CC#N)C4CC4)cc3C(N)=O)cc2)n1. The number of carbonyl (C=O) groups is 2. The molecule has 18 nitrogen and oxygen atoms in total. The average molecular weight is 755 g/mol. The maximum atomic E-state index is 11.9. The smallest absolute Gasteiger partial charge is 0.257 e. The summed E-state index contributed by atoms with van der Waals surface area (Å²) in [6.45, 7) is 3.51. The molecule has 2 atom stereocenters. The number of nitrogens with zero attached hydrogens (tertiary/aromatic N) is 10. The lowest BCUT2D eigenvalue weighted by Crippen LogP contribution is -2.12. The molecular formula is C38H38N14O4. The van der Waals surface area contributed by atoms with Crippen molar-refractivity contribution in [2.75, 3.05) is 10.6 Å². The molecule has 0 spiro atoms. The lowest BCUT2D eigenvalue weighted by Gasteiger charge is -2.12. The lowest BCUT2D eigenvalue weighted by atomic mass is 10.1. The maximum absolute atomic E-state index is 11.9. The van der Waals surface area contributed by atoms with Crippen LogP contribution >= 0.6 is 0 Å². The summed E-state index contributed by atoms with van der Waals surface area (Å²) >= 11 is 0. The Morgan fingerprint density at radius 3 is 1.38 bits per heavy atom. The Hall–Kier alpha value is -7.34. The number of amides is 2. The minimum Gasteiger partial charge on any atom is -0.365 e. The van der Waals surface area contributed by atoms with E-state index in [0.717, 1.165) is 48.2 Å². The third-order valence-electron chi connectivity index (χ3n) is 9.45. The first-order valence-electron chi connectivity index (χ1n) is 18.0. The van der Waals surface area contributed by atoms with E-state index in [9.17, 15) is 9.59 Å². The molecule has 0 aliphatic heterocycles. The second kappa shape index (κ2) is 15.9. The van der Waals surface area contributed by atoms with Gasteiger partial charge in [-0.25, -0.2) is 0 Å². The number of nitrogens with one attached hydrogen (secondary N) is 2. The van der Waals surface area contributed by atoms with E-state index in [0.29, 0.717) is 70.9 Å².